The molecule has 0 spiro atoms. The maximum Gasteiger partial charge on any atom is 0.329 e. The molecule has 2 rings (SSSR count). The summed E-state index contributed by atoms with van der Waals surface area (Å²) in [5.74, 6) is -1.66. The minimum Gasteiger partial charge on any atom is -0.507 e. The van der Waals surface area contributed by atoms with Gasteiger partial charge in [-0.25, -0.2) is 4.79 Å². The molecule has 6 heteroatoms. The zero-order valence-electron chi connectivity index (χ0n) is 11.7. The number of carboxylic acids is 1. The molecule has 1 fully saturated rings. The number of carboxylic acid groups (broad SMARTS) is 1. The van der Waals surface area contributed by atoms with Crippen LogP contribution in [0.4, 0.5) is 0 Å². The summed E-state index contributed by atoms with van der Waals surface area (Å²) in [7, 11) is 0. The Balaban J connectivity index is 2.24. The molecule has 5 nitrogen and oxygen atoms in total. The highest BCUT2D eigenvalue weighted by Gasteiger charge is 2.43. The third-order valence-electron chi connectivity index (χ3n) is 3.96. The average Bonchev–Trinajstić information content (AvgIpc) is 2.38. The quantitative estimate of drug-likeness (QED) is 0.801. The third-order valence-corrected chi connectivity index (χ3v) is 4.20. The molecule has 1 aromatic rings. The molecule has 2 unspecified atom stereocenters. The van der Waals surface area contributed by atoms with Crippen molar-refractivity contribution in [1.29, 1.82) is 0 Å². The summed E-state index contributed by atoms with van der Waals surface area (Å²) in [5.41, 5.74) is -1.24. The van der Waals surface area contributed by atoms with Crippen LogP contribution >= 0.6 is 11.6 Å². The zero-order valence-corrected chi connectivity index (χ0v) is 12.5. The highest BCUT2D eigenvalue weighted by molar-refractivity contribution is 6.30. The summed E-state index contributed by atoms with van der Waals surface area (Å²) >= 11 is 5.72. The number of amides is 1. The van der Waals surface area contributed by atoms with Crippen molar-refractivity contribution in [3.05, 3.63) is 28.8 Å². The van der Waals surface area contributed by atoms with Gasteiger partial charge in [0.05, 0.1) is 5.56 Å². The predicted octanol–water partition coefficient (Wildman–Crippen LogP) is 2.81. The lowest BCUT2D eigenvalue weighted by molar-refractivity contribution is -0.146. The van der Waals surface area contributed by atoms with Gasteiger partial charge in [0.25, 0.3) is 5.91 Å². The largest absolute Gasteiger partial charge is 0.507 e. The molecule has 1 aromatic carbocycles. The fourth-order valence-corrected chi connectivity index (χ4v) is 3.06. The molecular weight excluding hydrogens is 294 g/mol. The van der Waals surface area contributed by atoms with Crippen LogP contribution in [-0.4, -0.2) is 27.6 Å². The number of hydrogen-bond donors (Lipinski definition) is 3. The van der Waals surface area contributed by atoms with Crippen LogP contribution in [0.5, 0.6) is 5.75 Å². The minimum absolute atomic E-state index is 0.0262. The van der Waals surface area contributed by atoms with Crippen LogP contribution < -0.4 is 5.32 Å². The number of carbonyl (C=O) groups is 2. The van der Waals surface area contributed by atoms with Crippen molar-refractivity contribution >= 4 is 23.5 Å². The molecule has 21 heavy (non-hydrogen) atoms. The molecule has 0 heterocycles. The molecular formula is C15H18ClNO4. The summed E-state index contributed by atoms with van der Waals surface area (Å²) in [5, 5.41) is 22.2. The van der Waals surface area contributed by atoms with Gasteiger partial charge in [-0.2, -0.15) is 0 Å². The van der Waals surface area contributed by atoms with Gasteiger partial charge in [0.15, 0.2) is 0 Å². The molecule has 1 amide bonds. The minimum atomic E-state index is -1.26. The molecule has 3 N–H and O–H groups in total. The van der Waals surface area contributed by atoms with Crippen molar-refractivity contribution in [2.24, 2.45) is 5.92 Å². The highest BCUT2D eigenvalue weighted by atomic mass is 35.5. The van der Waals surface area contributed by atoms with E-state index >= 15 is 0 Å². The van der Waals surface area contributed by atoms with E-state index in [9.17, 15) is 19.8 Å². The first-order valence-corrected chi connectivity index (χ1v) is 7.26. The standard InChI is InChI=1S/C15H18ClNO4/c1-9-3-2-6-15(8-9,14(20)21)17-13(19)11-5-4-10(16)7-12(11)18/h4-5,7,9,18H,2-3,6,8H2,1H3,(H,17,19)(H,20,21). The van der Waals surface area contributed by atoms with Gasteiger partial charge in [0.1, 0.15) is 11.3 Å². The Bertz CT molecular complexity index is 575. The molecule has 114 valence electrons. The summed E-state index contributed by atoms with van der Waals surface area (Å²) in [4.78, 5) is 23.9. The Morgan fingerprint density at radius 3 is 2.71 bits per heavy atom. The van der Waals surface area contributed by atoms with Crippen LogP contribution in [0.25, 0.3) is 0 Å². The van der Waals surface area contributed by atoms with Crippen LogP contribution in [0.15, 0.2) is 18.2 Å². The zero-order chi connectivity index (χ0) is 15.6. The second-order valence-corrected chi connectivity index (χ2v) is 6.14. The molecule has 0 radical (unpaired) electrons. The normalized spacial score (nSPS) is 25.3. The van der Waals surface area contributed by atoms with Crippen molar-refractivity contribution in [1.82, 2.24) is 5.32 Å². The number of hydrogen-bond acceptors (Lipinski definition) is 3. The number of rotatable bonds is 3. The number of halogens is 1. The van der Waals surface area contributed by atoms with Crippen LogP contribution in [0.3, 0.4) is 0 Å². The molecule has 1 aliphatic rings. The number of carbonyl (C=O) groups excluding carboxylic acids is 1. The Morgan fingerprint density at radius 1 is 1.43 bits per heavy atom. The monoisotopic (exact) mass is 311 g/mol. The van der Waals surface area contributed by atoms with Crippen molar-refractivity contribution in [2.75, 3.05) is 0 Å². The maximum absolute atomic E-state index is 12.3. The lowest BCUT2D eigenvalue weighted by atomic mass is 9.76. The van der Waals surface area contributed by atoms with Crippen LogP contribution in [0.1, 0.15) is 43.0 Å². The van der Waals surface area contributed by atoms with Gasteiger partial charge in [-0.3, -0.25) is 4.79 Å². The van der Waals surface area contributed by atoms with Crippen molar-refractivity contribution in [3.63, 3.8) is 0 Å². The lowest BCUT2D eigenvalue weighted by Crippen LogP contribution is -2.56. The van der Waals surface area contributed by atoms with E-state index in [0.29, 0.717) is 17.9 Å². The number of aliphatic carboxylic acids is 1. The number of phenolic OH excluding ortho intramolecular Hbond substituents is 1. The number of benzene rings is 1. The average molecular weight is 312 g/mol. The van der Waals surface area contributed by atoms with Gasteiger partial charge in [0.2, 0.25) is 0 Å². The predicted molar refractivity (Wildman–Crippen MR) is 78.6 cm³/mol. The fourth-order valence-electron chi connectivity index (χ4n) is 2.89. The summed E-state index contributed by atoms with van der Waals surface area (Å²) in [6, 6.07) is 4.12. The van der Waals surface area contributed by atoms with E-state index in [1.54, 1.807) is 0 Å². The molecule has 0 aliphatic heterocycles. The van der Waals surface area contributed by atoms with E-state index in [4.69, 9.17) is 11.6 Å². The first-order chi connectivity index (χ1) is 9.84. The Morgan fingerprint density at radius 2 is 2.14 bits per heavy atom. The molecule has 0 aromatic heterocycles. The first-order valence-electron chi connectivity index (χ1n) is 6.88. The Kier molecular flexibility index (Phi) is 4.42. The van der Waals surface area contributed by atoms with E-state index in [2.05, 4.69) is 5.32 Å². The second-order valence-electron chi connectivity index (χ2n) is 5.70. The van der Waals surface area contributed by atoms with Gasteiger partial charge in [0, 0.05) is 5.02 Å². The van der Waals surface area contributed by atoms with Crippen molar-refractivity contribution < 1.29 is 19.8 Å². The third kappa shape index (κ3) is 3.29. The lowest BCUT2D eigenvalue weighted by Gasteiger charge is -2.37. The number of aromatic hydroxyl groups is 1. The Labute approximate surface area is 127 Å². The first kappa shape index (κ1) is 15.6. The number of phenols is 1. The fraction of sp³-hybridized carbons (Fsp3) is 0.467. The SMILES string of the molecule is CC1CCCC(NC(=O)c2ccc(Cl)cc2O)(C(=O)O)C1. The summed E-state index contributed by atoms with van der Waals surface area (Å²) < 4.78 is 0. The Hall–Kier alpha value is -1.75. The van der Waals surface area contributed by atoms with Gasteiger partial charge < -0.3 is 15.5 Å². The summed E-state index contributed by atoms with van der Waals surface area (Å²) in [6.07, 6.45) is 2.49. The van der Waals surface area contributed by atoms with Gasteiger partial charge >= 0.3 is 5.97 Å². The molecule has 1 saturated carbocycles. The molecule has 0 bridgehead atoms. The highest BCUT2D eigenvalue weighted by Crippen LogP contribution is 2.33. The maximum atomic E-state index is 12.3. The topological polar surface area (TPSA) is 86.6 Å². The summed E-state index contributed by atoms with van der Waals surface area (Å²) in [6.45, 7) is 1.97. The van der Waals surface area contributed by atoms with Gasteiger partial charge in [-0.05, 0) is 37.0 Å². The van der Waals surface area contributed by atoms with E-state index in [1.165, 1.54) is 18.2 Å². The molecule has 1 aliphatic carbocycles. The van der Waals surface area contributed by atoms with Crippen LogP contribution in [-0.2, 0) is 4.79 Å². The van der Waals surface area contributed by atoms with Crippen LogP contribution in [0, 0.1) is 5.92 Å². The van der Waals surface area contributed by atoms with Crippen LogP contribution in [0.2, 0.25) is 5.02 Å². The van der Waals surface area contributed by atoms with E-state index in [1.807, 2.05) is 6.92 Å². The van der Waals surface area contributed by atoms with E-state index < -0.39 is 17.4 Å². The van der Waals surface area contributed by atoms with Crippen molar-refractivity contribution in [2.45, 2.75) is 38.1 Å². The molecule has 2 atom stereocenters. The molecule has 0 saturated heterocycles. The van der Waals surface area contributed by atoms with Gasteiger partial charge in [-0.15, -0.1) is 0 Å². The van der Waals surface area contributed by atoms with E-state index in [-0.39, 0.29) is 17.2 Å². The smallest absolute Gasteiger partial charge is 0.329 e. The van der Waals surface area contributed by atoms with Crippen molar-refractivity contribution in [3.8, 4) is 5.75 Å². The number of nitrogens with one attached hydrogen (secondary N) is 1. The second kappa shape index (κ2) is 5.93. The van der Waals surface area contributed by atoms with E-state index in [0.717, 1.165) is 12.8 Å². The van der Waals surface area contributed by atoms with Gasteiger partial charge in [-0.1, -0.05) is 31.4 Å².